The van der Waals surface area contributed by atoms with Gasteiger partial charge in [-0.2, -0.15) is 13.2 Å². The van der Waals surface area contributed by atoms with E-state index in [0.29, 0.717) is 5.69 Å². The van der Waals surface area contributed by atoms with E-state index in [1.54, 1.807) is 19.1 Å². The van der Waals surface area contributed by atoms with Gasteiger partial charge in [-0.3, -0.25) is 4.79 Å². The molecule has 2 aromatic rings. The maximum Gasteiger partial charge on any atom is 0.423 e. The van der Waals surface area contributed by atoms with Crippen molar-refractivity contribution in [2.75, 3.05) is 19.0 Å². The van der Waals surface area contributed by atoms with E-state index in [1.165, 1.54) is 19.2 Å². The van der Waals surface area contributed by atoms with Crippen LogP contribution in [-0.2, 0) is 21.7 Å². The lowest BCUT2D eigenvalue weighted by atomic mass is 9.92. The Balaban J connectivity index is 2.08. The fourth-order valence-electron chi connectivity index (χ4n) is 2.75. The molecular weight excluding hydrogens is 492 g/mol. The maximum absolute atomic E-state index is 13.8. The molecule has 2 aromatic carbocycles. The Bertz CT molecular complexity index is 919. The number of hydrogen-bond acceptors (Lipinski definition) is 4. The molecule has 0 radical (unpaired) electrons. The molecule has 2 atom stereocenters. The first kappa shape index (κ1) is 26.5. The first-order chi connectivity index (χ1) is 14.9. The molecule has 0 spiro atoms. The van der Waals surface area contributed by atoms with Crippen LogP contribution in [0.2, 0.25) is 15.1 Å². The van der Waals surface area contributed by atoms with Gasteiger partial charge in [0.2, 0.25) is 11.5 Å². The fourth-order valence-corrected chi connectivity index (χ4v) is 3.34. The summed E-state index contributed by atoms with van der Waals surface area (Å²) >= 11 is 17.5. The third-order valence-electron chi connectivity index (χ3n) is 4.80. The summed E-state index contributed by atoms with van der Waals surface area (Å²) in [6, 6.07) is 8.23. The van der Waals surface area contributed by atoms with E-state index in [9.17, 15) is 23.1 Å². The van der Waals surface area contributed by atoms with Crippen LogP contribution in [-0.4, -0.2) is 36.9 Å². The predicted molar refractivity (Wildman–Crippen MR) is 119 cm³/mol. The molecule has 2 rings (SSSR count). The largest absolute Gasteiger partial charge is 0.423 e. The van der Waals surface area contributed by atoms with Gasteiger partial charge in [-0.15, -0.1) is 0 Å². The lowest BCUT2D eigenvalue weighted by molar-refractivity contribution is -0.260. The van der Waals surface area contributed by atoms with Gasteiger partial charge >= 0.3 is 6.18 Å². The zero-order valence-corrected chi connectivity index (χ0v) is 19.5. The minimum Gasteiger partial charge on any atom is -0.381 e. The summed E-state index contributed by atoms with van der Waals surface area (Å²) in [7, 11) is 1.51. The monoisotopic (exact) mass is 512 g/mol. The van der Waals surface area contributed by atoms with Crippen LogP contribution in [0.25, 0.3) is 0 Å². The number of anilines is 1. The molecule has 0 aliphatic rings. The number of methoxy groups -OCH3 is 1. The van der Waals surface area contributed by atoms with E-state index >= 15 is 0 Å². The average molecular weight is 514 g/mol. The molecule has 0 aromatic heterocycles. The summed E-state index contributed by atoms with van der Waals surface area (Å²) in [4.78, 5) is 11.8. The van der Waals surface area contributed by atoms with Crippen molar-refractivity contribution in [1.29, 1.82) is 0 Å². The number of alkyl halides is 3. The zero-order valence-electron chi connectivity index (χ0n) is 17.2. The average Bonchev–Trinajstić information content (AvgIpc) is 2.73. The van der Waals surface area contributed by atoms with E-state index in [4.69, 9.17) is 39.5 Å². The van der Waals surface area contributed by atoms with Gasteiger partial charge in [0.15, 0.2) is 0 Å². The highest BCUT2D eigenvalue weighted by Gasteiger charge is 2.55. The third-order valence-corrected chi connectivity index (χ3v) is 5.99. The van der Waals surface area contributed by atoms with E-state index < -0.39 is 23.9 Å². The Morgan fingerprint density at radius 3 is 2.19 bits per heavy atom. The van der Waals surface area contributed by atoms with Gasteiger partial charge in [-0.05, 0) is 42.3 Å². The highest BCUT2D eigenvalue weighted by Crippen LogP contribution is 2.43. The number of halogens is 6. The summed E-state index contributed by atoms with van der Waals surface area (Å²) in [5.74, 6) is -0.183. The van der Waals surface area contributed by atoms with Gasteiger partial charge in [-0.25, -0.2) is 0 Å². The van der Waals surface area contributed by atoms with Crippen molar-refractivity contribution >= 4 is 46.4 Å². The van der Waals surface area contributed by atoms with Gasteiger partial charge in [0.05, 0.1) is 34.1 Å². The number of hydrogen-bond donors (Lipinski definition) is 3. The Hall–Kier alpha value is -1.71. The summed E-state index contributed by atoms with van der Waals surface area (Å²) in [5.41, 5.74) is -2.73. The lowest BCUT2D eigenvalue weighted by Gasteiger charge is -2.32. The van der Waals surface area contributed by atoms with Crippen LogP contribution in [0, 0.1) is 0 Å². The number of carbonyl (C=O) groups is 1. The van der Waals surface area contributed by atoms with E-state index in [2.05, 4.69) is 10.6 Å². The van der Waals surface area contributed by atoms with E-state index in [-0.39, 0.29) is 40.0 Å². The highest BCUT2D eigenvalue weighted by molar-refractivity contribution is 6.48. The van der Waals surface area contributed by atoms with Crippen LogP contribution >= 0.6 is 34.8 Å². The molecule has 5 nitrogen and oxygen atoms in total. The number of ether oxygens (including phenoxy) is 1. The summed E-state index contributed by atoms with van der Waals surface area (Å²) in [6.45, 7) is 1.13. The molecule has 32 heavy (non-hydrogen) atoms. The fraction of sp³-hybridized carbons (Fsp3) is 0.381. The van der Waals surface area contributed by atoms with Gasteiger partial charge in [0.25, 0.3) is 0 Å². The van der Waals surface area contributed by atoms with Crippen molar-refractivity contribution in [3.8, 4) is 0 Å². The Labute approximate surface area is 198 Å². The number of carbonyl (C=O) groups excluding carboxylic acids is 1. The molecular formula is C21H22Cl3F3N2O3. The van der Waals surface area contributed by atoms with Gasteiger partial charge in [0.1, 0.15) is 0 Å². The number of aliphatic hydroxyl groups is 1. The SMILES string of the molecule is CO[C@H](C)CC(=O)NCc1ccc(NC[C@@](O)(c2cc(Cl)c(Cl)c(Cl)c2)C(F)(F)F)cc1. The topological polar surface area (TPSA) is 70.6 Å². The van der Waals surface area contributed by atoms with Crippen LogP contribution in [0.1, 0.15) is 24.5 Å². The number of benzene rings is 2. The second-order valence-electron chi connectivity index (χ2n) is 7.19. The first-order valence-electron chi connectivity index (χ1n) is 9.44. The van der Waals surface area contributed by atoms with Gasteiger partial charge in [-0.1, -0.05) is 46.9 Å². The van der Waals surface area contributed by atoms with Crippen molar-refractivity contribution < 1.29 is 27.8 Å². The van der Waals surface area contributed by atoms with Crippen molar-refractivity contribution in [2.24, 2.45) is 0 Å². The normalized spacial score (nSPS) is 14.5. The first-order valence-corrected chi connectivity index (χ1v) is 10.6. The Morgan fingerprint density at radius 2 is 1.69 bits per heavy atom. The molecule has 0 saturated heterocycles. The molecule has 11 heteroatoms. The molecule has 0 aliphatic heterocycles. The number of rotatable bonds is 9. The van der Waals surface area contributed by atoms with Crippen molar-refractivity contribution in [3.63, 3.8) is 0 Å². The second kappa shape index (κ2) is 10.9. The summed E-state index contributed by atoms with van der Waals surface area (Å²) < 4.78 is 46.3. The molecule has 0 bridgehead atoms. The predicted octanol–water partition coefficient (Wildman–Crippen LogP) is 5.55. The summed E-state index contributed by atoms with van der Waals surface area (Å²) in [5, 5.41) is 15.3. The van der Waals surface area contributed by atoms with Crippen LogP contribution < -0.4 is 10.6 Å². The molecule has 1 amide bonds. The maximum atomic E-state index is 13.8. The van der Waals surface area contributed by atoms with Gasteiger partial charge in [0, 0.05) is 19.3 Å². The quantitative estimate of drug-likeness (QED) is 0.385. The highest BCUT2D eigenvalue weighted by atomic mass is 35.5. The van der Waals surface area contributed by atoms with Crippen LogP contribution in [0.3, 0.4) is 0 Å². The molecule has 3 N–H and O–H groups in total. The Morgan fingerprint density at radius 1 is 1.12 bits per heavy atom. The third kappa shape index (κ3) is 6.65. The van der Waals surface area contributed by atoms with Crippen molar-refractivity contribution in [3.05, 3.63) is 62.6 Å². The van der Waals surface area contributed by atoms with Crippen LogP contribution in [0.4, 0.5) is 18.9 Å². The van der Waals surface area contributed by atoms with Gasteiger partial charge < -0.3 is 20.5 Å². The minimum absolute atomic E-state index is 0.103. The second-order valence-corrected chi connectivity index (χ2v) is 8.38. The van der Waals surface area contributed by atoms with Crippen LogP contribution in [0.5, 0.6) is 0 Å². The van der Waals surface area contributed by atoms with Crippen LogP contribution in [0.15, 0.2) is 36.4 Å². The Kier molecular flexibility index (Phi) is 9.07. The van der Waals surface area contributed by atoms with Crippen molar-refractivity contribution in [2.45, 2.75) is 37.8 Å². The van der Waals surface area contributed by atoms with E-state index in [1.807, 2.05) is 0 Å². The molecule has 0 fully saturated rings. The lowest BCUT2D eigenvalue weighted by Crippen LogP contribution is -2.47. The molecule has 0 heterocycles. The number of nitrogens with one attached hydrogen (secondary N) is 2. The summed E-state index contributed by atoms with van der Waals surface area (Å²) in [6.07, 6.45) is -5.02. The molecule has 176 valence electrons. The minimum atomic E-state index is -5.02. The standard InChI is InChI=1S/C21H22Cl3F3N2O3/c1-12(32-2)7-18(30)28-10-13-3-5-15(6-4-13)29-11-20(31,21(25,26)27)14-8-16(22)19(24)17(23)9-14/h3-6,8-9,12,29,31H,7,10-11H2,1-2H3,(H,28,30)/t12-,20-/m1/s1. The molecule has 0 saturated carbocycles. The van der Waals surface area contributed by atoms with E-state index in [0.717, 1.165) is 17.7 Å². The smallest absolute Gasteiger partial charge is 0.381 e. The molecule has 0 unspecified atom stereocenters. The van der Waals surface area contributed by atoms with Crippen molar-refractivity contribution in [1.82, 2.24) is 5.32 Å². The number of amides is 1. The molecule has 0 aliphatic carbocycles. The zero-order chi connectivity index (χ0) is 24.1.